The zero-order chi connectivity index (χ0) is 24.1. The minimum Gasteiger partial charge on any atom is -0.480 e. The molecule has 0 aromatic heterocycles. The van der Waals surface area contributed by atoms with Crippen LogP contribution in [0.3, 0.4) is 0 Å². The van der Waals surface area contributed by atoms with Gasteiger partial charge in [-0.2, -0.15) is 11.8 Å². The molecule has 0 rings (SSSR count). The number of aliphatic hydroxyl groups is 1. The van der Waals surface area contributed by atoms with Crippen molar-refractivity contribution >= 4 is 35.5 Å². The fourth-order valence-electron chi connectivity index (χ4n) is 2.80. The third-order valence-electron chi connectivity index (χ3n) is 4.90. The number of aliphatic hydroxyl groups excluding tert-OH is 1. The van der Waals surface area contributed by atoms with Gasteiger partial charge in [-0.15, -0.1) is 0 Å². The molecule has 0 radical (unpaired) electrons. The Hall–Kier alpha value is -1.85. The van der Waals surface area contributed by atoms with Gasteiger partial charge in [0.2, 0.25) is 17.7 Å². The molecule has 0 aromatic carbocycles. The predicted octanol–water partition coefficient (Wildman–Crippen LogP) is -0.310. The second-order valence-corrected chi connectivity index (χ2v) is 9.02. The van der Waals surface area contributed by atoms with E-state index in [0.29, 0.717) is 25.0 Å². The monoisotopic (exact) mass is 462 g/mol. The van der Waals surface area contributed by atoms with Crippen LogP contribution < -0.4 is 21.7 Å². The Kier molecular flexibility index (Phi) is 14.1. The number of carboxylic acids is 1. The molecule has 0 heterocycles. The molecule has 5 atom stereocenters. The van der Waals surface area contributed by atoms with Crippen LogP contribution in [0.1, 0.15) is 47.0 Å². The van der Waals surface area contributed by atoms with Crippen molar-refractivity contribution in [2.24, 2.45) is 17.6 Å². The number of amides is 3. The molecule has 0 aliphatic rings. The number of nitrogens with one attached hydrogen (secondary N) is 3. The molecule has 11 heteroatoms. The maximum Gasteiger partial charge on any atom is 0.328 e. The van der Waals surface area contributed by atoms with Crippen LogP contribution in [-0.4, -0.2) is 76.7 Å². The molecule has 0 fully saturated rings. The summed E-state index contributed by atoms with van der Waals surface area (Å²) in [4.78, 5) is 49.1. The van der Waals surface area contributed by atoms with E-state index in [0.717, 1.165) is 0 Å². The number of nitrogens with two attached hydrogens (primary N) is 1. The lowest BCUT2D eigenvalue weighted by atomic mass is 9.97. The van der Waals surface area contributed by atoms with Gasteiger partial charge in [-0.1, -0.05) is 34.1 Å². The van der Waals surface area contributed by atoms with E-state index in [9.17, 15) is 19.2 Å². The SMILES string of the molecule is CCC(C)C(NC(=O)C(CCSC)NC(=O)C(N)CC(C)C)C(=O)NC(CO)C(=O)O. The number of hydrogen-bond donors (Lipinski definition) is 6. The topological polar surface area (TPSA) is 171 Å². The van der Waals surface area contributed by atoms with Gasteiger partial charge in [-0.3, -0.25) is 14.4 Å². The summed E-state index contributed by atoms with van der Waals surface area (Å²) in [6, 6.07) is -4.13. The highest BCUT2D eigenvalue weighted by Crippen LogP contribution is 2.11. The number of carboxylic acid groups (broad SMARTS) is 1. The Morgan fingerprint density at radius 1 is 0.968 bits per heavy atom. The number of carbonyl (C=O) groups is 4. The summed E-state index contributed by atoms with van der Waals surface area (Å²) in [6.07, 6.45) is 3.22. The first-order valence-corrected chi connectivity index (χ1v) is 11.9. The number of carbonyl (C=O) groups excluding carboxylic acids is 3. The van der Waals surface area contributed by atoms with Crippen molar-refractivity contribution in [2.45, 2.75) is 71.1 Å². The van der Waals surface area contributed by atoms with Gasteiger partial charge >= 0.3 is 5.97 Å². The number of rotatable bonds is 15. The van der Waals surface area contributed by atoms with Gasteiger partial charge in [0.25, 0.3) is 0 Å². The van der Waals surface area contributed by atoms with Gasteiger partial charge in [0.05, 0.1) is 12.6 Å². The van der Waals surface area contributed by atoms with Crippen molar-refractivity contribution in [1.29, 1.82) is 0 Å². The number of thioether (sulfide) groups is 1. The third kappa shape index (κ3) is 10.8. The van der Waals surface area contributed by atoms with Crippen LogP contribution in [0, 0.1) is 11.8 Å². The standard InChI is InChI=1S/C20H38N4O6S/c1-6-12(4)16(19(28)23-15(10-25)20(29)30)24-18(27)14(7-8-31-5)22-17(26)13(21)9-11(2)3/h11-16,25H,6-10,21H2,1-5H3,(H,22,26)(H,23,28)(H,24,27)(H,29,30). The molecule has 0 aromatic rings. The molecule has 0 aliphatic carbocycles. The molecule has 10 nitrogen and oxygen atoms in total. The molecule has 0 saturated carbocycles. The van der Waals surface area contributed by atoms with Crippen LogP contribution in [0.5, 0.6) is 0 Å². The van der Waals surface area contributed by atoms with Crippen molar-refractivity contribution in [3.8, 4) is 0 Å². The Labute approximate surface area is 188 Å². The molecular formula is C20H38N4O6S. The van der Waals surface area contributed by atoms with Crippen molar-refractivity contribution in [3.05, 3.63) is 0 Å². The minimum absolute atomic E-state index is 0.214. The van der Waals surface area contributed by atoms with Gasteiger partial charge in [-0.05, 0) is 36.7 Å². The predicted molar refractivity (Wildman–Crippen MR) is 120 cm³/mol. The summed E-state index contributed by atoms with van der Waals surface area (Å²) in [5.74, 6) is -2.57. The molecule has 7 N–H and O–H groups in total. The Bertz CT molecular complexity index is 604. The van der Waals surface area contributed by atoms with Gasteiger partial charge in [0.1, 0.15) is 18.1 Å². The number of hydrogen-bond acceptors (Lipinski definition) is 7. The van der Waals surface area contributed by atoms with Crippen LogP contribution in [0.4, 0.5) is 0 Å². The van der Waals surface area contributed by atoms with Gasteiger partial charge in [0.15, 0.2) is 0 Å². The highest BCUT2D eigenvalue weighted by atomic mass is 32.2. The zero-order valence-corrected chi connectivity index (χ0v) is 19.8. The van der Waals surface area contributed by atoms with Crippen molar-refractivity contribution in [2.75, 3.05) is 18.6 Å². The molecule has 0 spiro atoms. The molecule has 0 bridgehead atoms. The Morgan fingerprint density at radius 2 is 1.55 bits per heavy atom. The van der Waals surface area contributed by atoms with E-state index < -0.39 is 54.5 Å². The van der Waals surface area contributed by atoms with Gasteiger partial charge in [-0.25, -0.2) is 4.79 Å². The minimum atomic E-state index is -1.48. The van der Waals surface area contributed by atoms with E-state index in [1.807, 2.05) is 27.0 Å². The van der Waals surface area contributed by atoms with E-state index in [1.54, 1.807) is 6.92 Å². The van der Waals surface area contributed by atoms with Crippen LogP contribution in [0.2, 0.25) is 0 Å². The highest BCUT2D eigenvalue weighted by molar-refractivity contribution is 7.98. The first-order valence-electron chi connectivity index (χ1n) is 10.5. The van der Waals surface area contributed by atoms with E-state index in [2.05, 4.69) is 16.0 Å². The molecule has 3 amide bonds. The Morgan fingerprint density at radius 3 is 2.00 bits per heavy atom. The zero-order valence-electron chi connectivity index (χ0n) is 19.0. The smallest absolute Gasteiger partial charge is 0.328 e. The van der Waals surface area contributed by atoms with Gasteiger partial charge in [0, 0.05) is 0 Å². The summed E-state index contributed by atoms with van der Waals surface area (Å²) in [6.45, 7) is 6.68. The molecular weight excluding hydrogens is 424 g/mol. The third-order valence-corrected chi connectivity index (χ3v) is 5.54. The fourth-order valence-corrected chi connectivity index (χ4v) is 3.27. The first-order chi connectivity index (χ1) is 14.5. The van der Waals surface area contributed by atoms with Crippen LogP contribution in [0.25, 0.3) is 0 Å². The molecule has 180 valence electrons. The lowest BCUT2D eigenvalue weighted by molar-refractivity contribution is -0.143. The number of aliphatic carboxylic acids is 1. The summed E-state index contributed by atoms with van der Waals surface area (Å²) in [7, 11) is 0. The molecule has 5 unspecified atom stereocenters. The quantitative estimate of drug-likeness (QED) is 0.192. The van der Waals surface area contributed by atoms with Gasteiger partial charge < -0.3 is 31.9 Å². The lowest BCUT2D eigenvalue weighted by Gasteiger charge is -2.28. The van der Waals surface area contributed by atoms with E-state index in [4.69, 9.17) is 15.9 Å². The maximum absolute atomic E-state index is 12.9. The first kappa shape index (κ1) is 29.1. The van der Waals surface area contributed by atoms with Crippen LogP contribution >= 0.6 is 11.8 Å². The average molecular weight is 463 g/mol. The summed E-state index contributed by atoms with van der Waals surface area (Å²) < 4.78 is 0. The normalized spacial score (nSPS) is 16.0. The van der Waals surface area contributed by atoms with Crippen LogP contribution in [0.15, 0.2) is 0 Å². The molecule has 0 saturated heterocycles. The summed E-state index contributed by atoms with van der Waals surface area (Å²) in [5.41, 5.74) is 5.92. The van der Waals surface area contributed by atoms with Crippen molar-refractivity contribution in [3.63, 3.8) is 0 Å². The van der Waals surface area contributed by atoms with E-state index >= 15 is 0 Å². The largest absolute Gasteiger partial charge is 0.480 e. The summed E-state index contributed by atoms with van der Waals surface area (Å²) in [5, 5.41) is 25.8. The second-order valence-electron chi connectivity index (χ2n) is 8.03. The maximum atomic E-state index is 12.9. The van der Waals surface area contributed by atoms with E-state index in [-0.39, 0.29) is 11.8 Å². The van der Waals surface area contributed by atoms with Crippen molar-refractivity contribution < 1.29 is 29.4 Å². The van der Waals surface area contributed by atoms with Crippen molar-refractivity contribution in [1.82, 2.24) is 16.0 Å². The van der Waals surface area contributed by atoms with E-state index in [1.165, 1.54) is 11.8 Å². The fraction of sp³-hybridized carbons (Fsp3) is 0.800. The highest BCUT2D eigenvalue weighted by Gasteiger charge is 2.32. The average Bonchev–Trinajstić information content (AvgIpc) is 2.71. The molecule has 0 aliphatic heterocycles. The van der Waals surface area contributed by atoms with Crippen LogP contribution in [-0.2, 0) is 19.2 Å². The Balaban J connectivity index is 5.41. The summed E-state index contributed by atoms with van der Waals surface area (Å²) >= 11 is 1.51. The molecule has 31 heavy (non-hydrogen) atoms. The second kappa shape index (κ2) is 15.0. The lowest BCUT2D eigenvalue weighted by Crippen LogP contribution is -2.59.